The van der Waals surface area contributed by atoms with Crippen LogP contribution >= 0.6 is 0 Å². The summed E-state index contributed by atoms with van der Waals surface area (Å²) in [6.45, 7) is 2.09. The van der Waals surface area contributed by atoms with Crippen molar-refractivity contribution in [1.82, 2.24) is 0 Å². The van der Waals surface area contributed by atoms with E-state index in [0.717, 1.165) is 19.3 Å². The predicted octanol–water partition coefficient (Wildman–Crippen LogP) is 1.49. The Kier molecular flexibility index (Phi) is 3.63. The van der Waals surface area contributed by atoms with Gasteiger partial charge in [0.25, 0.3) is 0 Å². The molecule has 0 aromatic carbocycles. The highest BCUT2D eigenvalue weighted by atomic mass is 16.1. The summed E-state index contributed by atoms with van der Waals surface area (Å²) in [5, 5.41) is 0. The van der Waals surface area contributed by atoms with Crippen LogP contribution in [0.25, 0.3) is 0 Å². The normalized spacial score (nSPS) is 16.6. The first-order valence-electron chi connectivity index (χ1n) is 4.92. The molecule has 0 heterocycles. The van der Waals surface area contributed by atoms with Crippen molar-refractivity contribution in [2.45, 2.75) is 32.6 Å². The Morgan fingerprint density at radius 1 is 1.14 bits per heavy atom. The van der Waals surface area contributed by atoms with E-state index in [1.165, 1.54) is 12.2 Å². The van der Waals surface area contributed by atoms with Crippen LogP contribution in [0.2, 0.25) is 0 Å². The van der Waals surface area contributed by atoms with Crippen LogP contribution in [0, 0.1) is 0 Å². The zero-order chi connectivity index (χ0) is 10.6. The van der Waals surface area contributed by atoms with Crippen molar-refractivity contribution in [2.75, 3.05) is 0 Å². The molecule has 1 aliphatic carbocycles. The number of unbranched alkanes of at least 4 members (excludes halogenated alkanes) is 2. The van der Waals surface area contributed by atoms with Crippen molar-refractivity contribution >= 4 is 11.6 Å². The van der Waals surface area contributed by atoms with E-state index in [0.29, 0.717) is 12.0 Å². The molecule has 0 saturated heterocycles. The molecule has 0 aromatic heterocycles. The van der Waals surface area contributed by atoms with Gasteiger partial charge in [0.1, 0.15) is 0 Å². The van der Waals surface area contributed by atoms with Gasteiger partial charge in [-0.25, -0.2) is 0 Å². The van der Waals surface area contributed by atoms with Crippen LogP contribution in [0.15, 0.2) is 23.4 Å². The lowest BCUT2D eigenvalue weighted by molar-refractivity contribution is -0.115. The summed E-state index contributed by atoms with van der Waals surface area (Å²) < 4.78 is 0. The van der Waals surface area contributed by atoms with Crippen molar-refractivity contribution < 1.29 is 9.59 Å². The molecule has 0 unspecified atom stereocenters. The van der Waals surface area contributed by atoms with Gasteiger partial charge in [-0.1, -0.05) is 19.8 Å². The Morgan fingerprint density at radius 3 is 2.43 bits per heavy atom. The summed E-state index contributed by atoms with van der Waals surface area (Å²) in [6, 6.07) is 0. The Morgan fingerprint density at radius 2 is 1.79 bits per heavy atom. The maximum atomic E-state index is 11.4. The van der Waals surface area contributed by atoms with E-state index in [2.05, 4.69) is 6.92 Å². The fourth-order valence-electron chi connectivity index (χ4n) is 1.43. The molecule has 0 aliphatic heterocycles. The van der Waals surface area contributed by atoms with Gasteiger partial charge in [-0.3, -0.25) is 9.59 Å². The molecule has 0 amide bonds. The summed E-state index contributed by atoms with van der Waals surface area (Å²) >= 11 is 0. The summed E-state index contributed by atoms with van der Waals surface area (Å²) in [7, 11) is 0. The largest absolute Gasteiger partial charge is 0.395 e. The van der Waals surface area contributed by atoms with Crippen LogP contribution in [-0.2, 0) is 9.59 Å². The fourth-order valence-corrected chi connectivity index (χ4v) is 1.43. The number of ketones is 2. The van der Waals surface area contributed by atoms with Gasteiger partial charge in [0, 0.05) is 5.57 Å². The van der Waals surface area contributed by atoms with E-state index >= 15 is 0 Å². The van der Waals surface area contributed by atoms with Crippen molar-refractivity contribution in [1.29, 1.82) is 0 Å². The summed E-state index contributed by atoms with van der Waals surface area (Å²) in [6.07, 6.45) is 6.22. The Bertz CT molecular complexity index is 313. The summed E-state index contributed by atoms with van der Waals surface area (Å²) in [4.78, 5) is 22.5. The molecule has 0 radical (unpaired) electrons. The van der Waals surface area contributed by atoms with Crippen LogP contribution < -0.4 is 5.73 Å². The second-order valence-corrected chi connectivity index (χ2v) is 3.41. The van der Waals surface area contributed by atoms with Gasteiger partial charge in [-0.2, -0.15) is 0 Å². The van der Waals surface area contributed by atoms with E-state index in [-0.39, 0.29) is 17.3 Å². The molecular formula is C11H15NO2. The molecule has 0 spiro atoms. The van der Waals surface area contributed by atoms with Gasteiger partial charge >= 0.3 is 0 Å². The van der Waals surface area contributed by atoms with E-state index in [9.17, 15) is 9.59 Å². The monoisotopic (exact) mass is 193 g/mol. The maximum absolute atomic E-state index is 11.4. The molecule has 0 bridgehead atoms. The van der Waals surface area contributed by atoms with Crippen LogP contribution in [0.4, 0.5) is 0 Å². The SMILES string of the molecule is CCCCCC1=C(N)C(=O)C=CC1=O. The lowest BCUT2D eigenvalue weighted by atomic mass is 9.95. The second kappa shape index (κ2) is 4.74. The first-order chi connectivity index (χ1) is 6.66. The third kappa shape index (κ3) is 2.31. The standard InChI is InChI=1S/C11H15NO2/c1-2-3-4-5-8-9(13)6-7-10(14)11(8)12/h6-7H,2-5,12H2,1H3. The molecule has 3 heteroatoms. The number of rotatable bonds is 4. The second-order valence-electron chi connectivity index (χ2n) is 3.41. The Hall–Kier alpha value is -1.38. The molecule has 0 atom stereocenters. The predicted molar refractivity (Wildman–Crippen MR) is 54.5 cm³/mol. The lowest BCUT2D eigenvalue weighted by Gasteiger charge is -2.10. The average Bonchev–Trinajstić information content (AvgIpc) is 2.18. The third-order valence-corrected chi connectivity index (χ3v) is 2.30. The zero-order valence-electron chi connectivity index (χ0n) is 8.38. The zero-order valence-corrected chi connectivity index (χ0v) is 8.38. The molecule has 14 heavy (non-hydrogen) atoms. The van der Waals surface area contributed by atoms with Gasteiger partial charge < -0.3 is 5.73 Å². The van der Waals surface area contributed by atoms with Gasteiger partial charge in [-0.15, -0.1) is 0 Å². The van der Waals surface area contributed by atoms with Crippen molar-refractivity contribution in [3.05, 3.63) is 23.4 Å². The average molecular weight is 193 g/mol. The van der Waals surface area contributed by atoms with Crippen molar-refractivity contribution in [2.24, 2.45) is 5.73 Å². The van der Waals surface area contributed by atoms with Crippen molar-refractivity contribution in [3.63, 3.8) is 0 Å². The third-order valence-electron chi connectivity index (χ3n) is 2.30. The molecular weight excluding hydrogens is 178 g/mol. The van der Waals surface area contributed by atoms with Crippen LogP contribution in [0.5, 0.6) is 0 Å². The van der Waals surface area contributed by atoms with E-state index in [4.69, 9.17) is 5.73 Å². The van der Waals surface area contributed by atoms with Crippen LogP contribution in [0.3, 0.4) is 0 Å². The molecule has 0 aromatic rings. The Balaban J connectivity index is 2.68. The molecule has 2 N–H and O–H groups in total. The van der Waals surface area contributed by atoms with Crippen molar-refractivity contribution in [3.8, 4) is 0 Å². The minimum Gasteiger partial charge on any atom is -0.395 e. The van der Waals surface area contributed by atoms with E-state index < -0.39 is 0 Å². The summed E-state index contributed by atoms with van der Waals surface area (Å²) in [5.41, 5.74) is 6.18. The van der Waals surface area contributed by atoms with Crippen LogP contribution in [0.1, 0.15) is 32.6 Å². The van der Waals surface area contributed by atoms with Gasteiger partial charge in [0.15, 0.2) is 5.78 Å². The maximum Gasteiger partial charge on any atom is 0.202 e. The Labute approximate surface area is 83.7 Å². The van der Waals surface area contributed by atoms with Gasteiger partial charge in [-0.05, 0) is 25.0 Å². The first-order valence-corrected chi connectivity index (χ1v) is 4.92. The van der Waals surface area contributed by atoms with E-state index in [1.807, 2.05) is 0 Å². The smallest absolute Gasteiger partial charge is 0.202 e. The molecule has 0 saturated carbocycles. The van der Waals surface area contributed by atoms with E-state index in [1.54, 1.807) is 0 Å². The molecule has 3 nitrogen and oxygen atoms in total. The molecule has 76 valence electrons. The molecule has 1 aliphatic rings. The fraction of sp³-hybridized carbons (Fsp3) is 0.455. The number of carbonyl (C=O) groups excluding carboxylic acids is 2. The lowest BCUT2D eigenvalue weighted by Crippen LogP contribution is -2.20. The number of hydrogen-bond donors (Lipinski definition) is 1. The molecule has 0 fully saturated rings. The number of nitrogens with two attached hydrogens (primary N) is 1. The highest BCUT2D eigenvalue weighted by Gasteiger charge is 2.19. The minimum atomic E-state index is -0.240. The van der Waals surface area contributed by atoms with Gasteiger partial charge in [0.2, 0.25) is 5.78 Å². The highest BCUT2D eigenvalue weighted by Crippen LogP contribution is 2.16. The highest BCUT2D eigenvalue weighted by molar-refractivity contribution is 6.19. The first kappa shape index (κ1) is 10.7. The molecule has 1 rings (SSSR count). The number of hydrogen-bond acceptors (Lipinski definition) is 3. The quantitative estimate of drug-likeness (QED) is 0.543. The number of allylic oxidation sites excluding steroid dienone is 3. The summed E-state index contributed by atoms with van der Waals surface area (Å²) in [5.74, 6) is -0.352. The van der Waals surface area contributed by atoms with Crippen LogP contribution in [-0.4, -0.2) is 11.6 Å². The minimum absolute atomic E-state index is 0.113. The number of carbonyl (C=O) groups is 2. The van der Waals surface area contributed by atoms with Gasteiger partial charge in [0.05, 0.1) is 5.70 Å². The topological polar surface area (TPSA) is 60.2 Å².